The average molecular weight is 149 g/mol. The van der Waals surface area contributed by atoms with Crippen molar-refractivity contribution in [3.8, 4) is 0 Å². The highest BCUT2D eigenvalue weighted by atomic mass is 32.2. The lowest BCUT2D eigenvalue weighted by atomic mass is 10.2. The summed E-state index contributed by atoms with van der Waals surface area (Å²) in [5.41, 5.74) is 5.17. The van der Waals surface area contributed by atoms with Crippen LogP contribution in [0.2, 0.25) is 0 Å². The highest BCUT2D eigenvalue weighted by Crippen LogP contribution is 1.91. The first-order chi connectivity index (χ1) is 4.04. The van der Waals surface area contributed by atoms with E-state index in [-0.39, 0.29) is 11.8 Å². The Kier molecular flexibility index (Phi) is 3.41. The van der Waals surface area contributed by atoms with E-state index < -0.39 is 11.3 Å². The maximum Gasteiger partial charge on any atom is 0.111 e. The van der Waals surface area contributed by atoms with Gasteiger partial charge in [0.25, 0.3) is 0 Å². The van der Waals surface area contributed by atoms with Gasteiger partial charge >= 0.3 is 0 Å². The molecule has 9 heavy (non-hydrogen) atoms. The summed E-state index contributed by atoms with van der Waals surface area (Å²) in [7, 11) is 0. The third-order valence-corrected chi connectivity index (χ3v) is 1.13. The van der Waals surface area contributed by atoms with Crippen molar-refractivity contribution in [3.05, 3.63) is 0 Å². The quantitative estimate of drug-likeness (QED) is 0.335. The minimum atomic E-state index is -2.40. The topological polar surface area (TPSA) is 78.5 Å². The second-order valence-corrected chi connectivity index (χ2v) is 2.50. The fraction of sp³-hybridized carbons (Fsp3) is 0.750. The molecular weight excluding hydrogens is 140 g/mol. The normalized spacial score (nSPS) is 16.2. The lowest BCUT2D eigenvalue weighted by molar-refractivity contribution is 0.538. The molecule has 1 unspecified atom stereocenters. The van der Waals surface area contributed by atoms with Crippen molar-refractivity contribution in [3.63, 3.8) is 0 Å². The summed E-state index contributed by atoms with van der Waals surface area (Å²) in [5, 5.41) is 0. The van der Waals surface area contributed by atoms with E-state index in [4.69, 9.17) is 5.73 Å². The third kappa shape index (κ3) is 4.11. The summed E-state index contributed by atoms with van der Waals surface area (Å²) in [5.74, 6) is 0.131. The summed E-state index contributed by atoms with van der Waals surface area (Å²) >= 11 is -2.40. The zero-order chi connectivity index (χ0) is 7.44. The molecule has 0 aromatic heterocycles. The maximum atomic E-state index is 9.85. The van der Waals surface area contributed by atoms with E-state index in [0.717, 1.165) is 0 Å². The molecule has 0 aromatic carbocycles. The van der Waals surface area contributed by atoms with Gasteiger partial charge in [0.15, 0.2) is 0 Å². The van der Waals surface area contributed by atoms with Gasteiger partial charge in [0.2, 0.25) is 0 Å². The molecule has 2 N–H and O–H groups in total. The largest absolute Gasteiger partial charge is 0.754 e. The molecule has 0 fully saturated rings. The second kappa shape index (κ2) is 3.58. The summed E-state index contributed by atoms with van der Waals surface area (Å²) < 4.78 is 22.8. The van der Waals surface area contributed by atoms with Gasteiger partial charge in [-0.1, -0.05) is 13.8 Å². The Bertz CT molecular complexity index is 144. The van der Waals surface area contributed by atoms with Crippen LogP contribution in [0.5, 0.6) is 0 Å². The zero-order valence-corrected chi connectivity index (χ0v) is 6.14. The number of nitrogens with zero attached hydrogens (tertiary/aromatic N) is 1. The van der Waals surface area contributed by atoms with Gasteiger partial charge in [-0.3, -0.25) is 4.21 Å². The van der Waals surface area contributed by atoms with Crippen molar-refractivity contribution in [1.29, 1.82) is 0 Å². The van der Waals surface area contributed by atoms with Crippen LogP contribution in [0.25, 0.3) is 0 Å². The molecule has 54 valence electrons. The third-order valence-electron chi connectivity index (χ3n) is 0.771. The molecule has 0 radical (unpaired) electrons. The fourth-order valence-electron chi connectivity index (χ4n) is 0.191. The van der Waals surface area contributed by atoms with Crippen molar-refractivity contribution >= 4 is 17.1 Å². The molecule has 0 saturated heterocycles. The van der Waals surface area contributed by atoms with Crippen molar-refractivity contribution in [1.82, 2.24) is 0 Å². The molecule has 0 aliphatic carbocycles. The Morgan fingerprint density at radius 2 is 2.22 bits per heavy atom. The monoisotopic (exact) mass is 149 g/mol. The molecule has 0 heterocycles. The highest BCUT2D eigenvalue weighted by molar-refractivity contribution is 7.77. The van der Waals surface area contributed by atoms with E-state index in [1.807, 2.05) is 0 Å². The van der Waals surface area contributed by atoms with Gasteiger partial charge < -0.3 is 10.3 Å². The van der Waals surface area contributed by atoms with E-state index in [1.165, 1.54) is 0 Å². The molecule has 0 aliphatic rings. The number of rotatable bonds is 2. The Morgan fingerprint density at radius 3 is 2.33 bits per heavy atom. The van der Waals surface area contributed by atoms with Crippen molar-refractivity contribution in [2.24, 2.45) is 16.0 Å². The van der Waals surface area contributed by atoms with Crippen LogP contribution in [0, 0.1) is 5.92 Å². The lowest BCUT2D eigenvalue weighted by Crippen LogP contribution is -2.19. The van der Waals surface area contributed by atoms with Gasteiger partial charge in [0.05, 0.1) is 11.3 Å². The minimum Gasteiger partial charge on any atom is -0.754 e. The predicted molar refractivity (Wildman–Crippen MR) is 35.4 cm³/mol. The molecule has 1 atom stereocenters. The molecule has 0 saturated carbocycles. The number of nitrogens with two attached hydrogens (primary N) is 1. The van der Waals surface area contributed by atoms with Crippen LogP contribution >= 0.6 is 0 Å². The number of hydrogen-bond donors (Lipinski definition) is 1. The van der Waals surface area contributed by atoms with Crippen LogP contribution in [-0.4, -0.2) is 14.6 Å². The molecule has 0 amide bonds. The van der Waals surface area contributed by atoms with E-state index in [9.17, 15) is 8.76 Å². The standard InChI is InChI=1S/C4H10N2O2S/c1-3(2)4(5)6-9(7)8/h3H,1-2H3,(H2,5,6)(H,7,8)/p-1. The zero-order valence-electron chi connectivity index (χ0n) is 5.33. The van der Waals surface area contributed by atoms with Gasteiger partial charge in [0, 0.05) is 5.92 Å². The molecule has 0 aliphatic heterocycles. The molecule has 0 aromatic rings. The Labute approximate surface area is 56.6 Å². The molecule has 0 bridgehead atoms. The smallest absolute Gasteiger partial charge is 0.111 e. The summed E-state index contributed by atoms with van der Waals surface area (Å²) in [6.45, 7) is 3.54. The molecule has 4 nitrogen and oxygen atoms in total. The van der Waals surface area contributed by atoms with Crippen LogP contribution in [0.15, 0.2) is 4.40 Å². The van der Waals surface area contributed by atoms with E-state index in [1.54, 1.807) is 13.8 Å². The lowest BCUT2D eigenvalue weighted by Gasteiger charge is -2.03. The van der Waals surface area contributed by atoms with Gasteiger partial charge in [-0.15, -0.1) is 0 Å². The van der Waals surface area contributed by atoms with Crippen LogP contribution < -0.4 is 5.73 Å². The predicted octanol–water partition coefficient (Wildman–Crippen LogP) is -0.206. The van der Waals surface area contributed by atoms with Gasteiger partial charge in [-0.25, -0.2) is 0 Å². The summed E-state index contributed by atoms with van der Waals surface area (Å²) in [6.07, 6.45) is 0. The Hall–Kier alpha value is -0.420. The Balaban J connectivity index is 4.00. The molecule has 5 heteroatoms. The van der Waals surface area contributed by atoms with Crippen LogP contribution in [0.1, 0.15) is 13.8 Å². The van der Waals surface area contributed by atoms with Crippen molar-refractivity contribution in [2.45, 2.75) is 13.8 Å². The first-order valence-electron chi connectivity index (χ1n) is 2.47. The van der Waals surface area contributed by atoms with Crippen molar-refractivity contribution in [2.75, 3.05) is 0 Å². The molecule has 0 spiro atoms. The fourth-order valence-corrected chi connectivity index (χ4v) is 0.574. The first-order valence-corrected chi connectivity index (χ1v) is 3.50. The molecule has 0 rings (SSSR count). The maximum absolute atomic E-state index is 9.85. The van der Waals surface area contributed by atoms with Crippen LogP contribution in [0.4, 0.5) is 0 Å². The van der Waals surface area contributed by atoms with Crippen LogP contribution in [-0.2, 0) is 11.3 Å². The minimum absolute atomic E-state index is 0.0112. The Morgan fingerprint density at radius 1 is 1.78 bits per heavy atom. The van der Waals surface area contributed by atoms with E-state index in [0.29, 0.717) is 0 Å². The molecular formula is C4H9N2O2S-. The number of hydrogen-bond acceptors (Lipinski definition) is 2. The van der Waals surface area contributed by atoms with Gasteiger partial charge in [0.1, 0.15) is 5.84 Å². The van der Waals surface area contributed by atoms with Crippen LogP contribution in [0.3, 0.4) is 0 Å². The van der Waals surface area contributed by atoms with Gasteiger partial charge in [-0.05, 0) is 0 Å². The van der Waals surface area contributed by atoms with Gasteiger partial charge in [-0.2, -0.15) is 4.40 Å². The average Bonchev–Trinajstić information content (AvgIpc) is 1.63. The first kappa shape index (κ1) is 8.58. The second-order valence-electron chi connectivity index (χ2n) is 1.89. The highest BCUT2D eigenvalue weighted by Gasteiger charge is 1.96. The summed E-state index contributed by atoms with van der Waals surface area (Å²) in [4.78, 5) is 0. The van der Waals surface area contributed by atoms with E-state index in [2.05, 4.69) is 4.40 Å². The SMILES string of the molecule is CC(C)C(N)=NS(=O)[O-]. The summed E-state index contributed by atoms with van der Waals surface area (Å²) in [6, 6.07) is 0. The van der Waals surface area contributed by atoms with Crippen molar-refractivity contribution < 1.29 is 8.76 Å². The van der Waals surface area contributed by atoms with E-state index >= 15 is 0 Å². The number of amidine groups is 1.